The smallest absolute Gasteiger partial charge is 0.202 e. The zero-order valence-electron chi connectivity index (χ0n) is 47.6. The molecule has 0 amide bonds. The fraction of sp³-hybridized carbons (Fsp3) is 0.205. The third-order valence-corrected chi connectivity index (χ3v) is 16.6. The van der Waals surface area contributed by atoms with Crippen LogP contribution < -0.4 is 9.80 Å². The van der Waals surface area contributed by atoms with E-state index in [2.05, 4.69) is 204 Å². The topological polar surface area (TPSA) is 34.6 Å². The normalized spacial score (nSPS) is 13.7. The average molecular weight is 1070 g/mol. The Kier molecular flexibility index (Phi) is 17.6. The van der Waals surface area contributed by atoms with Crippen LogP contribution in [0.1, 0.15) is 127 Å². The highest BCUT2D eigenvalue weighted by Gasteiger charge is 2.22. The first kappa shape index (κ1) is 54.7. The molecule has 10 aromatic rings. The van der Waals surface area contributed by atoms with Crippen LogP contribution in [0.3, 0.4) is 0 Å². The van der Waals surface area contributed by atoms with E-state index in [-0.39, 0.29) is 1.43 Å². The van der Waals surface area contributed by atoms with Crippen molar-refractivity contribution in [3.63, 3.8) is 0 Å². The van der Waals surface area contributed by atoms with Gasteiger partial charge in [0, 0.05) is 35.6 Å². The van der Waals surface area contributed by atoms with Crippen molar-refractivity contribution < 1.29 is 1.43 Å². The highest BCUT2D eigenvalue weighted by atomic mass is 15.1. The lowest BCUT2D eigenvalue weighted by Crippen LogP contribution is -2.15. The molecule has 13 rings (SSSR count). The van der Waals surface area contributed by atoms with Gasteiger partial charge in [-0.15, -0.1) is 0 Å². The first-order valence-corrected chi connectivity index (χ1v) is 29.7. The molecule has 0 saturated heterocycles. The molecule has 0 unspecified atom stereocenters. The molecule has 0 spiro atoms. The zero-order valence-corrected chi connectivity index (χ0v) is 47.6. The number of hydrogen-bond acceptors (Lipinski definition) is 3. The predicted octanol–water partition coefficient (Wildman–Crippen LogP) is 22.3. The Balaban J connectivity index is 0.000000528. The Morgan fingerprint density at radius 3 is 1.17 bits per heavy atom. The molecule has 406 valence electrons. The molecule has 0 bridgehead atoms. The van der Waals surface area contributed by atoms with Crippen molar-refractivity contribution in [1.82, 2.24) is 0 Å². The molecule has 0 atom stereocenters. The second-order valence-corrected chi connectivity index (χ2v) is 22.3. The molecular weight excluding hydrogens is 993 g/mol. The molecule has 4 nitrogen and oxygen atoms in total. The zero-order chi connectivity index (χ0) is 56.0. The fourth-order valence-electron chi connectivity index (χ4n) is 12.2. The van der Waals surface area contributed by atoms with Gasteiger partial charge in [-0.3, -0.25) is 0 Å². The van der Waals surface area contributed by atoms with Crippen LogP contribution in [0.25, 0.3) is 50.7 Å². The van der Waals surface area contributed by atoms with Crippen LogP contribution in [-0.2, 0) is 25.7 Å². The van der Waals surface area contributed by atoms with Crippen LogP contribution in [0.4, 0.5) is 39.8 Å². The van der Waals surface area contributed by atoms with Crippen LogP contribution in [0.5, 0.6) is 0 Å². The van der Waals surface area contributed by atoms with Gasteiger partial charge < -0.3 is 9.80 Å². The largest absolute Gasteiger partial charge is 0.310 e. The summed E-state index contributed by atoms with van der Waals surface area (Å²) in [5.41, 5.74) is 20.6. The summed E-state index contributed by atoms with van der Waals surface area (Å²) in [5.74, 6) is 0. The summed E-state index contributed by atoms with van der Waals surface area (Å²) < 4.78 is 0. The SMILES string of the molecule is C1CCCCC1.[C-]#[N+]c1c2ccc(C=Cc3ccc(N(c4ccc(C)cc4)c4cccc5c4CCCC5)cc3)cc2c(C#N)c2ccc(C=Cc3ccc(N(c4ccc(C)cc4)c4cccc5c4CCCC5)cc3)cc12.[HH].c1ccccc1. The van der Waals surface area contributed by atoms with E-state index in [4.69, 9.17) is 6.57 Å². The number of aryl methyl sites for hydroxylation is 4. The number of benzene rings is 10. The molecule has 3 aliphatic rings. The summed E-state index contributed by atoms with van der Waals surface area (Å²) in [6, 6.07) is 75.4. The lowest BCUT2D eigenvalue weighted by molar-refractivity contribution is 0.504. The highest BCUT2D eigenvalue weighted by molar-refractivity contribution is 6.16. The molecule has 0 aromatic heterocycles. The Bertz CT molecular complexity index is 3670. The van der Waals surface area contributed by atoms with Gasteiger partial charge in [0.1, 0.15) is 6.07 Å². The number of rotatable bonds is 10. The summed E-state index contributed by atoms with van der Waals surface area (Å²) in [5, 5.41) is 13.8. The van der Waals surface area contributed by atoms with Gasteiger partial charge in [0.05, 0.1) is 12.1 Å². The Morgan fingerprint density at radius 1 is 0.390 bits per heavy atom. The molecule has 0 N–H and O–H groups in total. The van der Waals surface area contributed by atoms with Crippen molar-refractivity contribution >= 4 is 85.7 Å². The molecule has 1 saturated carbocycles. The molecule has 0 aliphatic heterocycles. The van der Waals surface area contributed by atoms with E-state index < -0.39 is 0 Å². The second kappa shape index (κ2) is 26.4. The molecule has 3 aliphatic carbocycles. The van der Waals surface area contributed by atoms with Crippen LogP contribution in [-0.4, -0.2) is 0 Å². The first-order valence-electron chi connectivity index (χ1n) is 29.7. The first-order chi connectivity index (χ1) is 40.4. The summed E-state index contributed by atoms with van der Waals surface area (Å²) in [4.78, 5) is 8.88. The number of hydrogen-bond donors (Lipinski definition) is 0. The summed E-state index contributed by atoms with van der Waals surface area (Å²) in [7, 11) is 0. The lowest BCUT2D eigenvalue weighted by Gasteiger charge is -2.30. The minimum Gasteiger partial charge on any atom is -0.310 e. The van der Waals surface area contributed by atoms with Crippen molar-refractivity contribution in [2.24, 2.45) is 0 Å². The van der Waals surface area contributed by atoms with Crippen molar-refractivity contribution in [2.75, 3.05) is 9.80 Å². The average Bonchev–Trinajstić information content (AvgIpc) is 3.72. The maximum absolute atomic E-state index is 10.6. The van der Waals surface area contributed by atoms with Crippen molar-refractivity contribution in [3.05, 3.63) is 279 Å². The molecular formula is C78H74N4. The van der Waals surface area contributed by atoms with E-state index in [0.29, 0.717) is 11.3 Å². The van der Waals surface area contributed by atoms with Gasteiger partial charge >= 0.3 is 0 Å². The van der Waals surface area contributed by atoms with E-state index in [9.17, 15) is 5.26 Å². The minimum atomic E-state index is 0. The van der Waals surface area contributed by atoms with Crippen molar-refractivity contribution in [2.45, 2.75) is 104 Å². The quantitative estimate of drug-likeness (QED) is 0.0778. The highest BCUT2D eigenvalue weighted by Crippen LogP contribution is 2.43. The standard InChI is InChI=1S/C66H54N4.C6H12.C6H6.H2/c1-45-18-32-53(33-19-45)69(64-16-8-12-51-10-4-6-14-57(51)64)55-36-26-47(27-37-55)22-24-49-31-41-60-61(42-49)63(44-67)59-40-30-50(43-62(59)66(60)68-3)25-23-48-28-38-56(39-29-48)70(54-34-20-46(2)21-35-54)65-17-9-13-52-11-5-7-15-58(52)65;2*1-2-4-6-5-3-1;/h8-9,12-13,16-43H,4-7,10-11,14-15H2,1-2H3;1-6H2;1-6H;1H. The molecule has 1 fully saturated rings. The minimum absolute atomic E-state index is 0. The van der Waals surface area contributed by atoms with Crippen LogP contribution in [0.2, 0.25) is 0 Å². The number of fused-ring (bicyclic) bond motifs is 4. The second-order valence-electron chi connectivity index (χ2n) is 22.3. The summed E-state index contributed by atoms with van der Waals surface area (Å²) in [6.45, 7) is 12.6. The van der Waals surface area contributed by atoms with Crippen LogP contribution in [0, 0.1) is 31.8 Å². The Hall–Kier alpha value is -9.22. The van der Waals surface area contributed by atoms with E-state index >= 15 is 0 Å². The molecule has 4 heteroatoms. The van der Waals surface area contributed by atoms with Gasteiger partial charge in [0.15, 0.2) is 0 Å². The van der Waals surface area contributed by atoms with Gasteiger partial charge in [-0.1, -0.05) is 213 Å². The number of nitrogens with zero attached hydrogens (tertiary/aromatic N) is 4. The molecule has 10 aromatic carbocycles. The third kappa shape index (κ3) is 12.7. The maximum atomic E-state index is 10.6. The van der Waals surface area contributed by atoms with Gasteiger partial charge in [0.2, 0.25) is 5.69 Å². The number of anilines is 6. The molecule has 0 heterocycles. The van der Waals surface area contributed by atoms with Gasteiger partial charge in [-0.2, -0.15) is 5.26 Å². The Labute approximate surface area is 488 Å². The molecule has 0 radical (unpaired) electrons. The van der Waals surface area contributed by atoms with Gasteiger partial charge in [-0.05, 0) is 198 Å². The van der Waals surface area contributed by atoms with E-state index in [1.165, 1.54) is 109 Å². The van der Waals surface area contributed by atoms with Crippen LogP contribution in [0.15, 0.2) is 206 Å². The lowest BCUT2D eigenvalue weighted by atomic mass is 9.90. The van der Waals surface area contributed by atoms with Gasteiger partial charge in [-0.25, -0.2) is 4.85 Å². The fourth-order valence-corrected chi connectivity index (χ4v) is 12.2. The van der Waals surface area contributed by atoms with Crippen LogP contribution >= 0.6 is 0 Å². The maximum Gasteiger partial charge on any atom is 0.202 e. The Morgan fingerprint density at radius 2 is 0.756 bits per heavy atom. The van der Waals surface area contributed by atoms with E-state index in [1.54, 1.807) is 0 Å². The summed E-state index contributed by atoms with van der Waals surface area (Å²) in [6.07, 6.45) is 26.8. The van der Waals surface area contributed by atoms with Crippen molar-refractivity contribution in [3.8, 4) is 6.07 Å². The predicted molar refractivity (Wildman–Crippen MR) is 352 cm³/mol. The van der Waals surface area contributed by atoms with E-state index in [1.807, 2.05) is 60.7 Å². The van der Waals surface area contributed by atoms with Gasteiger partial charge in [0.25, 0.3) is 0 Å². The monoisotopic (exact) mass is 1070 g/mol. The number of nitriles is 1. The third-order valence-electron chi connectivity index (χ3n) is 16.6. The molecule has 82 heavy (non-hydrogen) atoms. The van der Waals surface area contributed by atoms with Crippen molar-refractivity contribution in [1.29, 1.82) is 5.26 Å². The summed E-state index contributed by atoms with van der Waals surface area (Å²) >= 11 is 0. The van der Waals surface area contributed by atoms with E-state index in [0.717, 1.165) is 92.2 Å².